The lowest BCUT2D eigenvalue weighted by molar-refractivity contribution is 0.112. The molecule has 3 nitrogen and oxygen atoms in total. The van der Waals surface area contributed by atoms with E-state index in [1.54, 1.807) is 30.3 Å². The number of halogens is 2. The number of carbonyl (C=O) groups excluding carboxylic acids is 1. The van der Waals surface area contributed by atoms with Gasteiger partial charge in [-0.15, -0.1) is 0 Å². The van der Waals surface area contributed by atoms with Crippen molar-refractivity contribution in [2.45, 2.75) is 25.4 Å². The summed E-state index contributed by atoms with van der Waals surface area (Å²) in [6.45, 7) is 0.0147. The summed E-state index contributed by atoms with van der Waals surface area (Å²) in [5.74, 6) is 1.23. The second-order valence-electron chi connectivity index (χ2n) is 5.92. The van der Waals surface area contributed by atoms with E-state index in [1.807, 2.05) is 0 Å². The Morgan fingerprint density at radius 3 is 2.83 bits per heavy atom. The molecule has 0 spiro atoms. The van der Waals surface area contributed by atoms with E-state index in [2.05, 4.69) is 0 Å². The van der Waals surface area contributed by atoms with Crippen LogP contribution in [0.15, 0.2) is 40.8 Å². The third kappa shape index (κ3) is 2.67. The molecule has 1 aromatic heterocycles. The average Bonchev–Trinajstić information content (AvgIpc) is 3.35. The molecule has 4 rings (SSSR count). The van der Waals surface area contributed by atoms with Crippen LogP contribution in [0.3, 0.4) is 0 Å². The summed E-state index contributed by atoms with van der Waals surface area (Å²) in [5, 5.41) is 1.05. The Morgan fingerprint density at radius 1 is 1.29 bits per heavy atom. The lowest BCUT2D eigenvalue weighted by atomic mass is 10.1. The van der Waals surface area contributed by atoms with Crippen molar-refractivity contribution in [3.8, 4) is 5.75 Å². The third-order valence-corrected chi connectivity index (χ3v) is 4.59. The van der Waals surface area contributed by atoms with Gasteiger partial charge in [0.15, 0.2) is 6.29 Å². The van der Waals surface area contributed by atoms with Gasteiger partial charge in [-0.25, -0.2) is 4.39 Å². The highest BCUT2D eigenvalue weighted by Crippen LogP contribution is 2.44. The van der Waals surface area contributed by atoms with Crippen LogP contribution < -0.4 is 4.74 Å². The van der Waals surface area contributed by atoms with E-state index in [0.717, 1.165) is 30.3 Å². The van der Waals surface area contributed by atoms with E-state index in [1.165, 1.54) is 6.07 Å². The zero-order valence-corrected chi connectivity index (χ0v) is 13.5. The third-order valence-electron chi connectivity index (χ3n) is 4.24. The lowest BCUT2D eigenvalue weighted by Crippen LogP contribution is -1.99. The van der Waals surface area contributed by atoms with Gasteiger partial charge in [-0.3, -0.25) is 4.79 Å². The Bertz CT molecular complexity index is 908. The molecule has 0 bridgehead atoms. The number of carbonyl (C=O) groups is 1. The molecule has 122 valence electrons. The Kier molecular flexibility index (Phi) is 3.77. The van der Waals surface area contributed by atoms with E-state index in [9.17, 15) is 9.18 Å². The van der Waals surface area contributed by atoms with Crippen molar-refractivity contribution in [1.29, 1.82) is 0 Å². The van der Waals surface area contributed by atoms with Crippen molar-refractivity contribution >= 4 is 28.9 Å². The van der Waals surface area contributed by atoms with E-state index in [-0.39, 0.29) is 6.61 Å². The van der Waals surface area contributed by atoms with Crippen molar-refractivity contribution in [2.24, 2.45) is 0 Å². The fraction of sp³-hybridized carbons (Fsp3) is 0.211. The molecule has 1 aliphatic carbocycles. The second-order valence-corrected chi connectivity index (χ2v) is 6.33. The highest BCUT2D eigenvalue weighted by molar-refractivity contribution is 6.31. The number of rotatable bonds is 5. The highest BCUT2D eigenvalue weighted by Gasteiger charge is 2.31. The minimum atomic E-state index is -0.406. The molecule has 0 N–H and O–H groups in total. The molecule has 0 aliphatic heterocycles. The number of fused-ring (bicyclic) bond motifs is 1. The van der Waals surface area contributed by atoms with Crippen LogP contribution in [-0.2, 0) is 6.61 Å². The van der Waals surface area contributed by atoms with Gasteiger partial charge in [-0.05, 0) is 43.2 Å². The molecule has 3 aromatic rings. The standard InChI is InChI=1S/C19H14ClFO3/c20-16-2-1-3-17(21)15(16)10-23-12-6-7-18-13(8-12)14(9-22)19(24-18)11-4-5-11/h1-3,6-9,11H,4-5,10H2. The largest absolute Gasteiger partial charge is 0.489 e. The number of benzene rings is 2. The van der Waals surface area contributed by atoms with Crippen LogP contribution in [0.1, 0.15) is 40.4 Å². The van der Waals surface area contributed by atoms with Gasteiger partial charge in [0.1, 0.15) is 29.5 Å². The summed E-state index contributed by atoms with van der Waals surface area (Å²) < 4.78 is 25.3. The molecule has 1 aliphatic rings. The van der Waals surface area contributed by atoms with Crippen LogP contribution in [0.4, 0.5) is 4.39 Å². The van der Waals surface area contributed by atoms with E-state index >= 15 is 0 Å². The molecule has 1 saturated carbocycles. The Labute approximate surface area is 143 Å². The van der Waals surface area contributed by atoms with Crippen molar-refractivity contribution in [3.05, 3.63) is 64.1 Å². The molecule has 2 aromatic carbocycles. The summed E-state index contributed by atoms with van der Waals surface area (Å²) >= 11 is 6.00. The molecule has 0 saturated heterocycles. The zero-order chi connectivity index (χ0) is 16.7. The van der Waals surface area contributed by atoms with Crippen molar-refractivity contribution in [1.82, 2.24) is 0 Å². The minimum Gasteiger partial charge on any atom is -0.489 e. The Hall–Kier alpha value is -2.33. The molecule has 0 amide bonds. The highest BCUT2D eigenvalue weighted by atomic mass is 35.5. The van der Waals surface area contributed by atoms with Gasteiger partial charge in [0.2, 0.25) is 0 Å². The maximum absolute atomic E-state index is 13.8. The first kappa shape index (κ1) is 15.2. The topological polar surface area (TPSA) is 39.4 Å². The summed E-state index contributed by atoms with van der Waals surface area (Å²) in [7, 11) is 0. The van der Waals surface area contributed by atoms with E-state index in [4.69, 9.17) is 20.8 Å². The van der Waals surface area contributed by atoms with Crippen LogP contribution in [0.25, 0.3) is 11.0 Å². The molecule has 0 unspecified atom stereocenters. The first-order chi connectivity index (χ1) is 11.7. The monoisotopic (exact) mass is 344 g/mol. The molecular formula is C19H14ClFO3. The number of aldehydes is 1. The molecule has 24 heavy (non-hydrogen) atoms. The van der Waals surface area contributed by atoms with Gasteiger partial charge in [-0.2, -0.15) is 0 Å². The molecule has 0 atom stereocenters. The van der Waals surface area contributed by atoms with Crippen molar-refractivity contribution in [3.63, 3.8) is 0 Å². The maximum Gasteiger partial charge on any atom is 0.154 e. The van der Waals surface area contributed by atoms with Crippen molar-refractivity contribution < 1.29 is 18.3 Å². The van der Waals surface area contributed by atoms with Crippen molar-refractivity contribution in [2.75, 3.05) is 0 Å². The normalized spacial score (nSPS) is 14.1. The number of ether oxygens (including phenoxy) is 1. The quantitative estimate of drug-likeness (QED) is 0.574. The van der Waals surface area contributed by atoms with Crippen LogP contribution in [0.2, 0.25) is 5.02 Å². The average molecular weight is 345 g/mol. The lowest BCUT2D eigenvalue weighted by Gasteiger charge is -2.08. The van der Waals surface area contributed by atoms with Crippen LogP contribution >= 0.6 is 11.6 Å². The Balaban J connectivity index is 1.64. The summed E-state index contributed by atoms with van der Waals surface area (Å²) in [6.07, 6.45) is 2.93. The van der Waals surface area contributed by atoms with E-state index < -0.39 is 5.82 Å². The van der Waals surface area contributed by atoms with Gasteiger partial charge in [0.05, 0.1) is 10.6 Å². The fourth-order valence-corrected chi connectivity index (χ4v) is 3.02. The first-order valence-corrected chi connectivity index (χ1v) is 8.12. The van der Waals surface area contributed by atoms with Crippen LogP contribution in [0.5, 0.6) is 5.75 Å². The Morgan fingerprint density at radius 2 is 2.12 bits per heavy atom. The molecule has 5 heteroatoms. The number of hydrogen-bond donors (Lipinski definition) is 0. The summed E-state index contributed by atoms with van der Waals surface area (Å²) in [5.41, 5.74) is 1.55. The molecule has 1 heterocycles. The predicted octanol–water partition coefficient (Wildman–Crippen LogP) is 5.49. The summed E-state index contributed by atoms with van der Waals surface area (Å²) in [4.78, 5) is 11.4. The van der Waals surface area contributed by atoms with Crippen LogP contribution in [0, 0.1) is 5.82 Å². The molecule has 1 fully saturated rings. The first-order valence-electron chi connectivity index (χ1n) is 7.74. The number of furan rings is 1. The van der Waals surface area contributed by atoms with E-state index in [0.29, 0.717) is 33.4 Å². The van der Waals surface area contributed by atoms with Gasteiger partial charge < -0.3 is 9.15 Å². The zero-order valence-electron chi connectivity index (χ0n) is 12.7. The van der Waals surface area contributed by atoms with Gasteiger partial charge >= 0.3 is 0 Å². The molecule has 0 radical (unpaired) electrons. The predicted molar refractivity (Wildman–Crippen MR) is 89.3 cm³/mol. The second kappa shape index (κ2) is 5.95. The summed E-state index contributed by atoms with van der Waals surface area (Å²) in [6, 6.07) is 9.78. The van der Waals surface area contributed by atoms with Gasteiger partial charge in [0.25, 0.3) is 0 Å². The fourth-order valence-electron chi connectivity index (χ4n) is 2.80. The van der Waals surface area contributed by atoms with Crippen LogP contribution in [-0.4, -0.2) is 6.29 Å². The SMILES string of the molecule is O=Cc1c(C2CC2)oc2ccc(OCc3c(F)cccc3Cl)cc12. The minimum absolute atomic E-state index is 0.0147. The van der Waals surface area contributed by atoms with Gasteiger partial charge in [-0.1, -0.05) is 17.7 Å². The maximum atomic E-state index is 13.8. The van der Waals surface area contributed by atoms with Gasteiger partial charge in [0, 0.05) is 16.9 Å². The smallest absolute Gasteiger partial charge is 0.154 e. The number of hydrogen-bond acceptors (Lipinski definition) is 3. The molecular weight excluding hydrogens is 331 g/mol.